The molecule has 2 aliphatic rings. The highest BCUT2D eigenvalue weighted by Gasteiger charge is 2.39. The Morgan fingerprint density at radius 2 is 2.23 bits per heavy atom. The molecule has 5 heteroatoms. The molecule has 1 aromatic rings. The van der Waals surface area contributed by atoms with Crippen LogP contribution < -0.4 is 10.2 Å². The largest absolute Gasteiger partial charge is 0.316 e. The molecule has 2 saturated heterocycles. The van der Waals surface area contributed by atoms with Crippen LogP contribution in [0, 0.1) is 5.41 Å². The fourth-order valence-corrected chi connectivity index (χ4v) is 3.94. The van der Waals surface area contributed by atoms with Gasteiger partial charge in [0.1, 0.15) is 0 Å². The Hall–Kier alpha value is -1.10. The summed E-state index contributed by atoms with van der Waals surface area (Å²) < 4.78 is 0. The van der Waals surface area contributed by atoms with Crippen molar-refractivity contribution in [3.05, 3.63) is 29.3 Å². The number of likely N-dealkylation sites (N-methyl/N-ethyl adjacent to an activating group) is 1. The number of anilines is 1. The maximum Gasteiger partial charge on any atom is 0.244 e. The number of rotatable bonds is 4. The van der Waals surface area contributed by atoms with E-state index < -0.39 is 0 Å². The number of hydrogen-bond acceptors (Lipinski definition) is 3. The van der Waals surface area contributed by atoms with Crippen LogP contribution in [-0.2, 0) is 4.79 Å². The minimum atomic E-state index is -0.0336. The lowest BCUT2D eigenvalue weighted by atomic mass is 9.89. The quantitative estimate of drug-likeness (QED) is 0.925. The average Bonchev–Trinajstić information content (AvgIpc) is 3.06. The van der Waals surface area contributed by atoms with Gasteiger partial charge in [0.2, 0.25) is 5.91 Å². The zero-order chi connectivity index (χ0) is 15.7. The van der Waals surface area contributed by atoms with E-state index >= 15 is 0 Å². The molecule has 2 aliphatic heterocycles. The number of benzene rings is 1. The lowest BCUT2D eigenvalue weighted by molar-refractivity contribution is -0.121. The molecule has 2 fully saturated rings. The summed E-state index contributed by atoms with van der Waals surface area (Å²) in [5, 5.41) is 4.07. The number of nitrogens with zero attached hydrogens (tertiary/aromatic N) is 2. The summed E-state index contributed by atoms with van der Waals surface area (Å²) in [6, 6.07) is 7.55. The lowest BCUT2D eigenvalue weighted by Gasteiger charge is -2.32. The van der Waals surface area contributed by atoms with Crippen molar-refractivity contribution < 1.29 is 4.79 Å². The molecular weight excluding hydrogens is 298 g/mol. The molecule has 0 spiro atoms. The van der Waals surface area contributed by atoms with Gasteiger partial charge in [-0.1, -0.05) is 30.7 Å². The molecule has 0 bridgehead atoms. The number of carbonyl (C=O) groups is 1. The van der Waals surface area contributed by atoms with E-state index in [0.29, 0.717) is 5.02 Å². The molecule has 3 rings (SSSR count). The van der Waals surface area contributed by atoms with Gasteiger partial charge in [-0.15, -0.1) is 0 Å². The van der Waals surface area contributed by atoms with E-state index in [1.165, 1.54) is 6.42 Å². The van der Waals surface area contributed by atoms with Gasteiger partial charge in [-0.25, -0.2) is 0 Å². The van der Waals surface area contributed by atoms with Crippen LogP contribution in [0.4, 0.5) is 5.69 Å². The van der Waals surface area contributed by atoms with Crippen molar-refractivity contribution in [3.8, 4) is 0 Å². The molecule has 0 saturated carbocycles. The van der Waals surface area contributed by atoms with Gasteiger partial charge in [0.25, 0.3) is 0 Å². The van der Waals surface area contributed by atoms with E-state index in [0.717, 1.165) is 38.3 Å². The molecule has 1 amide bonds. The van der Waals surface area contributed by atoms with Gasteiger partial charge in [-0.2, -0.15) is 0 Å². The fourth-order valence-electron chi connectivity index (χ4n) is 3.70. The Morgan fingerprint density at radius 3 is 2.91 bits per heavy atom. The predicted molar refractivity (Wildman–Crippen MR) is 90.4 cm³/mol. The third-order valence-corrected chi connectivity index (χ3v) is 5.26. The van der Waals surface area contributed by atoms with Crippen molar-refractivity contribution in [1.29, 1.82) is 0 Å². The molecular formula is C17H24ClN3O. The highest BCUT2D eigenvalue weighted by atomic mass is 35.5. The van der Waals surface area contributed by atoms with E-state index in [9.17, 15) is 4.79 Å². The van der Waals surface area contributed by atoms with Crippen molar-refractivity contribution in [2.24, 2.45) is 5.41 Å². The third-order valence-electron chi connectivity index (χ3n) is 4.94. The smallest absolute Gasteiger partial charge is 0.244 e. The van der Waals surface area contributed by atoms with Crippen LogP contribution in [0.15, 0.2) is 24.3 Å². The van der Waals surface area contributed by atoms with Crippen molar-refractivity contribution in [3.63, 3.8) is 0 Å². The van der Waals surface area contributed by atoms with Crippen LogP contribution >= 0.6 is 11.6 Å². The van der Waals surface area contributed by atoms with Gasteiger partial charge >= 0.3 is 0 Å². The summed E-state index contributed by atoms with van der Waals surface area (Å²) in [4.78, 5) is 16.8. The Morgan fingerprint density at radius 1 is 1.45 bits per heavy atom. The number of halogens is 1. The number of amides is 1. The zero-order valence-corrected chi connectivity index (χ0v) is 14.1. The van der Waals surface area contributed by atoms with E-state index in [4.69, 9.17) is 11.6 Å². The first kappa shape index (κ1) is 15.8. The summed E-state index contributed by atoms with van der Waals surface area (Å²) >= 11 is 6.24. The summed E-state index contributed by atoms with van der Waals surface area (Å²) in [5.41, 5.74) is 1.10. The molecule has 4 nitrogen and oxygen atoms in total. The standard InChI is InChI=1S/C17H24ClN3O/c1-17(8-9-19-11-17)12-20(2)15-7-10-21(16(15)22)14-6-4-3-5-13(14)18/h3-6,15,19H,7-12H2,1-2H3. The third kappa shape index (κ3) is 3.00. The Kier molecular flexibility index (Phi) is 4.44. The Bertz CT molecular complexity index is 557. The molecule has 1 aromatic carbocycles. The first-order chi connectivity index (χ1) is 10.5. The fraction of sp³-hybridized carbons (Fsp3) is 0.588. The SMILES string of the molecule is CN(CC1(C)CCNC1)C1CCN(c2ccccc2Cl)C1=O. The highest BCUT2D eigenvalue weighted by Crippen LogP contribution is 2.32. The molecule has 0 aromatic heterocycles. The second kappa shape index (κ2) is 6.19. The summed E-state index contributed by atoms with van der Waals surface area (Å²) in [5.74, 6) is 0.171. The monoisotopic (exact) mass is 321 g/mol. The molecule has 2 unspecified atom stereocenters. The summed E-state index contributed by atoms with van der Waals surface area (Å²) in [7, 11) is 2.07. The van der Waals surface area contributed by atoms with Crippen LogP contribution in [0.25, 0.3) is 0 Å². The minimum absolute atomic E-state index is 0.0336. The van der Waals surface area contributed by atoms with Crippen molar-refractivity contribution in [1.82, 2.24) is 10.2 Å². The molecule has 2 heterocycles. The van der Waals surface area contributed by atoms with Crippen LogP contribution in [-0.4, -0.2) is 50.1 Å². The second-order valence-corrected chi connectivity index (χ2v) is 7.31. The van der Waals surface area contributed by atoms with Gasteiger partial charge in [-0.3, -0.25) is 9.69 Å². The topological polar surface area (TPSA) is 35.6 Å². The maximum atomic E-state index is 12.8. The molecule has 1 N–H and O–H groups in total. The van der Waals surface area contributed by atoms with Gasteiger partial charge in [0.15, 0.2) is 0 Å². The molecule has 120 valence electrons. The van der Waals surface area contributed by atoms with Crippen LogP contribution in [0.5, 0.6) is 0 Å². The van der Waals surface area contributed by atoms with Crippen LogP contribution in [0.1, 0.15) is 19.8 Å². The van der Waals surface area contributed by atoms with Crippen molar-refractivity contribution in [2.75, 3.05) is 38.1 Å². The Labute approximate surface area is 137 Å². The number of hydrogen-bond donors (Lipinski definition) is 1. The first-order valence-corrected chi connectivity index (χ1v) is 8.35. The minimum Gasteiger partial charge on any atom is -0.316 e. The van der Waals surface area contributed by atoms with Gasteiger partial charge < -0.3 is 10.2 Å². The van der Waals surface area contributed by atoms with Gasteiger partial charge in [0, 0.05) is 19.6 Å². The predicted octanol–water partition coefficient (Wildman–Crippen LogP) is 2.38. The second-order valence-electron chi connectivity index (χ2n) is 6.90. The van der Waals surface area contributed by atoms with Crippen LogP contribution in [0.2, 0.25) is 5.02 Å². The molecule has 2 atom stereocenters. The Balaban J connectivity index is 1.69. The van der Waals surface area contributed by atoms with Crippen molar-refractivity contribution in [2.45, 2.75) is 25.8 Å². The molecule has 0 radical (unpaired) electrons. The van der Waals surface area contributed by atoms with Gasteiger partial charge in [-0.05, 0) is 44.0 Å². The number of carbonyl (C=O) groups excluding carboxylic acids is 1. The lowest BCUT2D eigenvalue weighted by Crippen LogP contribution is -2.45. The van der Waals surface area contributed by atoms with Crippen LogP contribution in [0.3, 0.4) is 0 Å². The summed E-state index contributed by atoms with van der Waals surface area (Å²) in [6.45, 7) is 6.11. The maximum absolute atomic E-state index is 12.8. The molecule has 22 heavy (non-hydrogen) atoms. The first-order valence-electron chi connectivity index (χ1n) is 7.97. The summed E-state index contributed by atoms with van der Waals surface area (Å²) in [6.07, 6.45) is 2.04. The van der Waals surface area contributed by atoms with Crippen molar-refractivity contribution >= 4 is 23.2 Å². The normalized spacial score (nSPS) is 28.8. The van der Waals surface area contributed by atoms with Gasteiger partial charge in [0.05, 0.1) is 16.8 Å². The average molecular weight is 322 g/mol. The van der Waals surface area contributed by atoms with E-state index in [-0.39, 0.29) is 17.4 Å². The number of nitrogens with one attached hydrogen (secondary N) is 1. The zero-order valence-electron chi connectivity index (χ0n) is 13.3. The van der Waals surface area contributed by atoms with E-state index in [1.807, 2.05) is 29.2 Å². The highest BCUT2D eigenvalue weighted by molar-refractivity contribution is 6.33. The van der Waals surface area contributed by atoms with E-state index in [1.54, 1.807) is 0 Å². The molecule has 0 aliphatic carbocycles. The number of para-hydroxylation sites is 1. The van der Waals surface area contributed by atoms with E-state index in [2.05, 4.69) is 24.2 Å².